The second kappa shape index (κ2) is 6.41. The Balaban J connectivity index is 2.25. The van der Waals surface area contributed by atoms with Crippen LogP contribution in [0.4, 0.5) is 4.39 Å². The van der Waals surface area contributed by atoms with Gasteiger partial charge in [-0.1, -0.05) is 12.1 Å². The van der Waals surface area contributed by atoms with Gasteiger partial charge >= 0.3 is 0 Å². The smallest absolute Gasteiger partial charge is 0.178 e. The number of halogens is 2. The molecule has 0 fully saturated rings. The van der Waals surface area contributed by atoms with Crippen molar-refractivity contribution in [3.63, 3.8) is 0 Å². The fraction of sp³-hybridized carbons (Fsp3) is 0.133. The second-order valence-electron chi connectivity index (χ2n) is 4.24. The molecular formula is C15H12BrFO2S. The first-order valence-electron chi connectivity index (χ1n) is 5.95. The number of hydrogen-bond acceptors (Lipinski definition) is 2. The summed E-state index contributed by atoms with van der Waals surface area (Å²) in [4.78, 5) is 12.8. The van der Waals surface area contributed by atoms with Gasteiger partial charge in [-0.2, -0.15) is 0 Å². The molecule has 0 spiro atoms. The molecule has 0 aromatic heterocycles. The number of benzene rings is 2. The lowest BCUT2D eigenvalue weighted by atomic mass is 10.1. The van der Waals surface area contributed by atoms with E-state index in [4.69, 9.17) is 0 Å². The van der Waals surface area contributed by atoms with E-state index in [0.29, 0.717) is 14.9 Å². The molecule has 5 heteroatoms. The van der Waals surface area contributed by atoms with Crippen molar-refractivity contribution in [3.8, 4) is 0 Å². The van der Waals surface area contributed by atoms with Gasteiger partial charge in [0.1, 0.15) is 5.82 Å². The van der Waals surface area contributed by atoms with Gasteiger partial charge in [0.2, 0.25) is 0 Å². The van der Waals surface area contributed by atoms with Gasteiger partial charge in [-0.15, -0.1) is 0 Å². The molecule has 2 aromatic rings. The number of hydrogen-bond donors (Lipinski definition) is 0. The van der Waals surface area contributed by atoms with E-state index < -0.39 is 21.9 Å². The molecule has 2 aromatic carbocycles. The zero-order chi connectivity index (χ0) is 14.7. The second-order valence-corrected chi connectivity index (χ2v) is 6.84. The highest BCUT2D eigenvalue weighted by Gasteiger charge is 2.23. The predicted molar refractivity (Wildman–Crippen MR) is 80.7 cm³/mol. The van der Waals surface area contributed by atoms with Crippen LogP contribution in [0.15, 0.2) is 57.9 Å². The molecule has 20 heavy (non-hydrogen) atoms. The number of rotatable bonds is 4. The van der Waals surface area contributed by atoms with Gasteiger partial charge in [0.05, 0.1) is 20.9 Å². The molecule has 2 rings (SSSR count). The predicted octanol–water partition coefficient (Wildman–Crippen LogP) is 3.97. The summed E-state index contributed by atoms with van der Waals surface area (Å²) in [5, 5.41) is -0.695. The molecule has 0 aliphatic rings. The average molecular weight is 355 g/mol. The SMILES string of the molecule is CC(C(=O)c1ccc(F)cc1)S(=O)c1ccccc1Br. The zero-order valence-corrected chi connectivity index (χ0v) is 13.1. The van der Waals surface area contributed by atoms with Crippen molar-refractivity contribution in [2.24, 2.45) is 0 Å². The summed E-state index contributed by atoms with van der Waals surface area (Å²) in [6.45, 7) is 1.61. The van der Waals surface area contributed by atoms with Crippen LogP contribution in [0, 0.1) is 5.82 Å². The highest BCUT2D eigenvalue weighted by molar-refractivity contribution is 9.10. The highest BCUT2D eigenvalue weighted by Crippen LogP contribution is 2.23. The highest BCUT2D eigenvalue weighted by atomic mass is 79.9. The van der Waals surface area contributed by atoms with Crippen LogP contribution >= 0.6 is 15.9 Å². The van der Waals surface area contributed by atoms with E-state index in [1.54, 1.807) is 25.1 Å². The minimum atomic E-state index is -1.47. The maximum atomic E-state index is 12.9. The summed E-state index contributed by atoms with van der Waals surface area (Å²) < 4.78 is 26.0. The molecule has 0 radical (unpaired) electrons. The maximum Gasteiger partial charge on any atom is 0.178 e. The number of ketones is 1. The van der Waals surface area contributed by atoms with Gasteiger partial charge in [0.15, 0.2) is 5.78 Å². The van der Waals surface area contributed by atoms with Gasteiger partial charge in [-0.25, -0.2) is 4.39 Å². The maximum absolute atomic E-state index is 12.9. The van der Waals surface area contributed by atoms with Gasteiger partial charge < -0.3 is 0 Å². The van der Waals surface area contributed by atoms with E-state index in [9.17, 15) is 13.4 Å². The third kappa shape index (κ3) is 3.22. The molecule has 2 unspecified atom stereocenters. The largest absolute Gasteiger partial charge is 0.293 e. The lowest BCUT2D eigenvalue weighted by Gasteiger charge is -2.12. The summed E-state index contributed by atoms with van der Waals surface area (Å²) in [7, 11) is -1.47. The van der Waals surface area contributed by atoms with Crippen molar-refractivity contribution < 1.29 is 13.4 Å². The van der Waals surface area contributed by atoms with E-state index >= 15 is 0 Å². The molecule has 2 atom stereocenters. The Labute approximate surface area is 127 Å². The Bertz CT molecular complexity index is 655. The molecule has 0 N–H and O–H groups in total. The Morgan fingerprint density at radius 2 is 1.75 bits per heavy atom. The molecule has 0 saturated carbocycles. The summed E-state index contributed by atoms with van der Waals surface area (Å²) in [6, 6.07) is 12.3. The quantitative estimate of drug-likeness (QED) is 0.778. The summed E-state index contributed by atoms with van der Waals surface area (Å²) in [5.41, 5.74) is 0.360. The van der Waals surface area contributed by atoms with Crippen LogP contribution in [0.5, 0.6) is 0 Å². The number of carbonyl (C=O) groups is 1. The molecule has 0 saturated heterocycles. The number of carbonyl (C=O) groups excluding carboxylic acids is 1. The molecule has 0 aliphatic carbocycles. The van der Waals surface area contributed by atoms with Crippen LogP contribution in [0.25, 0.3) is 0 Å². The first kappa shape index (κ1) is 15.1. The minimum Gasteiger partial charge on any atom is -0.293 e. The van der Waals surface area contributed by atoms with Crippen LogP contribution in [-0.2, 0) is 10.8 Å². The van der Waals surface area contributed by atoms with Crippen molar-refractivity contribution >= 4 is 32.5 Å². The topological polar surface area (TPSA) is 34.1 Å². The van der Waals surface area contributed by atoms with E-state index in [1.807, 2.05) is 6.07 Å². The van der Waals surface area contributed by atoms with Crippen LogP contribution in [0.1, 0.15) is 17.3 Å². The van der Waals surface area contributed by atoms with Crippen molar-refractivity contribution in [2.75, 3.05) is 0 Å². The third-order valence-corrected chi connectivity index (χ3v) is 5.47. The first-order chi connectivity index (χ1) is 9.50. The molecule has 104 valence electrons. The van der Waals surface area contributed by atoms with Gasteiger partial charge in [-0.3, -0.25) is 9.00 Å². The normalized spacial score (nSPS) is 13.8. The van der Waals surface area contributed by atoms with Crippen molar-refractivity contribution in [1.29, 1.82) is 0 Å². The summed E-state index contributed by atoms with van der Waals surface area (Å²) in [5.74, 6) is -0.666. The monoisotopic (exact) mass is 354 g/mol. The Morgan fingerprint density at radius 3 is 2.35 bits per heavy atom. The number of Topliss-reactive ketones (excluding diaryl/α,β-unsaturated/α-hetero) is 1. The average Bonchev–Trinajstić information content (AvgIpc) is 2.46. The molecule has 0 aliphatic heterocycles. The molecular weight excluding hydrogens is 343 g/mol. The van der Waals surface area contributed by atoms with Gasteiger partial charge in [0, 0.05) is 10.0 Å². The van der Waals surface area contributed by atoms with Crippen molar-refractivity contribution in [1.82, 2.24) is 0 Å². The lowest BCUT2D eigenvalue weighted by molar-refractivity contribution is 0.0992. The molecule has 2 nitrogen and oxygen atoms in total. The van der Waals surface area contributed by atoms with Crippen LogP contribution < -0.4 is 0 Å². The molecule has 0 amide bonds. The standard InChI is InChI=1S/C15H12BrFO2S/c1-10(15(18)11-6-8-12(17)9-7-11)20(19)14-5-3-2-4-13(14)16/h2-10H,1H3. The third-order valence-electron chi connectivity index (χ3n) is 2.87. The van der Waals surface area contributed by atoms with E-state index in [2.05, 4.69) is 15.9 Å². The summed E-state index contributed by atoms with van der Waals surface area (Å²) in [6.07, 6.45) is 0. The zero-order valence-electron chi connectivity index (χ0n) is 10.7. The Kier molecular flexibility index (Phi) is 4.83. The fourth-order valence-corrected chi connectivity index (χ4v) is 3.69. The Morgan fingerprint density at radius 1 is 1.15 bits per heavy atom. The van der Waals surface area contributed by atoms with Crippen molar-refractivity contribution in [3.05, 3.63) is 64.4 Å². The molecule has 0 bridgehead atoms. The Hall–Kier alpha value is -1.33. The van der Waals surface area contributed by atoms with E-state index in [1.165, 1.54) is 24.3 Å². The van der Waals surface area contributed by atoms with Gasteiger partial charge in [-0.05, 0) is 59.3 Å². The van der Waals surface area contributed by atoms with Crippen molar-refractivity contribution in [2.45, 2.75) is 17.1 Å². The van der Waals surface area contributed by atoms with Crippen LogP contribution in [0.2, 0.25) is 0 Å². The molecule has 0 heterocycles. The van der Waals surface area contributed by atoms with E-state index in [0.717, 1.165) is 0 Å². The van der Waals surface area contributed by atoms with Gasteiger partial charge in [0.25, 0.3) is 0 Å². The van der Waals surface area contributed by atoms with Crippen LogP contribution in [0.3, 0.4) is 0 Å². The lowest BCUT2D eigenvalue weighted by Crippen LogP contribution is -2.23. The fourth-order valence-electron chi connectivity index (χ4n) is 1.74. The minimum absolute atomic E-state index is 0.265. The first-order valence-corrected chi connectivity index (χ1v) is 7.96. The summed E-state index contributed by atoms with van der Waals surface area (Å²) >= 11 is 3.33. The van der Waals surface area contributed by atoms with E-state index in [-0.39, 0.29) is 5.78 Å². The van der Waals surface area contributed by atoms with Crippen LogP contribution in [-0.4, -0.2) is 15.2 Å².